The molecule has 0 spiro atoms. The second-order valence-corrected chi connectivity index (χ2v) is 6.14. The summed E-state index contributed by atoms with van der Waals surface area (Å²) in [6, 6.07) is 5.74. The highest BCUT2D eigenvalue weighted by Gasteiger charge is 2.30. The molecule has 5 heteroatoms. The number of ether oxygens (including phenoxy) is 1. The molecule has 0 bridgehead atoms. The smallest absolute Gasteiger partial charge is 0.225 e. The lowest BCUT2D eigenvalue weighted by Gasteiger charge is -2.24. The summed E-state index contributed by atoms with van der Waals surface area (Å²) >= 11 is 5.95. The van der Waals surface area contributed by atoms with Crippen LogP contribution in [0.15, 0.2) is 18.2 Å². The highest BCUT2D eigenvalue weighted by atomic mass is 35.5. The van der Waals surface area contributed by atoms with E-state index in [1.165, 1.54) is 12.8 Å². The molecule has 0 radical (unpaired) electrons. The summed E-state index contributed by atoms with van der Waals surface area (Å²) in [5.41, 5.74) is 0.618. The van der Waals surface area contributed by atoms with E-state index >= 15 is 0 Å². The number of benzene rings is 1. The Labute approximate surface area is 131 Å². The second kappa shape index (κ2) is 7.14. The molecule has 0 saturated heterocycles. The van der Waals surface area contributed by atoms with Gasteiger partial charge in [-0.3, -0.25) is 4.79 Å². The van der Waals surface area contributed by atoms with Crippen LogP contribution >= 0.6 is 11.6 Å². The van der Waals surface area contributed by atoms with Crippen LogP contribution in [0.25, 0.3) is 0 Å². The van der Waals surface area contributed by atoms with E-state index in [1.807, 2.05) is 0 Å². The minimum atomic E-state index is -0.0228. The summed E-state index contributed by atoms with van der Waals surface area (Å²) in [5, 5.41) is 3.44. The zero-order valence-corrected chi connectivity index (χ0v) is 13.6. The Morgan fingerprint density at radius 2 is 2.24 bits per heavy atom. The lowest BCUT2D eigenvalue weighted by Crippen LogP contribution is -2.33. The maximum Gasteiger partial charge on any atom is 0.225 e. The molecule has 1 aliphatic carbocycles. The molecule has 0 aromatic heterocycles. The summed E-state index contributed by atoms with van der Waals surface area (Å²) in [5.74, 6) is 1.41. The molecule has 1 fully saturated rings. The topological polar surface area (TPSA) is 41.6 Å². The van der Waals surface area contributed by atoms with Gasteiger partial charge in [0.1, 0.15) is 5.75 Å². The molecular formula is C16H23ClN2O2. The van der Waals surface area contributed by atoms with Crippen LogP contribution in [0.5, 0.6) is 5.75 Å². The van der Waals surface area contributed by atoms with Crippen molar-refractivity contribution in [3.8, 4) is 5.75 Å². The van der Waals surface area contributed by atoms with E-state index in [2.05, 4.69) is 24.2 Å². The van der Waals surface area contributed by atoms with Crippen LogP contribution < -0.4 is 10.1 Å². The van der Waals surface area contributed by atoms with Gasteiger partial charge in [-0.05, 0) is 50.9 Å². The molecule has 2 rings (SSSR count). The molecule has 1 atom stereocenters. The molecule has 1 N–H and O–H groups in total. The normalized spacial score (nSPS) is 15.9. The van der Waals surface area contributed by atoms with Crippen molar-refractivity contribution in [2.75, 3.05) is 26.0 Å². The van der Waals surface area contributed by atoms with Crippen LogP contribution in [0.3, 0.4) is 0 Å². The summed E-state index contributed by atoms with van der Waals surface area (Å²) in [4.78, 5) is 14.3. The van der Waals surface area contributed by atoms with Crippen molar-refractivity contribution in [2.24, 2.45) is 5.92 Å². The van der Waals surface area contributed by atoms with E-state index < -0.39 is 0 Å². The van der Waals surface area contributed by atoms with Gasteiger partial charge in [0, 0.05) is 24.0 Å². The second-order valence-electron chi connectivity index (χ2n) is 5.70. The number of nitrogens with zero attached hydrogens (tertiary/aromatic N) is 1. The third kappa shape index (κ3) is 4.61. The fourth-order valence-electron chi connectivity index (χ4n) is 2.41. The lowest BCUT2D eigenvalue weighted by atomic mass is 10.2. The first-order valence-electron chi connectivity index (χ1n) is 7.35. The standard InChI is InChI=1S/C16H23ClN2O2/c1-11(12-4-5-12)19(2)9-8-16(20)18-14-10-13(17)6-7-15(14)21-3/h6-7,10-12H,4-5,8-9H2,1-3H3,(H,18,20). The molecule has 1 amide bonds. The number of nitrogens with one attached hydrogen (secondary N) is 1. The van der Waals surface area contributed by atoms with Gasteiger partial charge in [0.05, 0.1) is 12.8 Å². The van der Waals surface area contributed by atoms with Crippen LogP contribution in [0.2, 0.25) is 5.02 Å². The predicted octanol–water partition coefficient (Wildman–Crippen LogP) is 3.41. The van der Waals surface area contributed by atoms with Crippen molar-refractivity contribution in [1.29, 1.82) is 0 Å². The molecule has 0 heterocycles. The molecule has 1 aromatic carbocycles. The highest BCUT2D eigenvalue weighted by molar-refractivity contribution is 6.31. The molecule has 1 saturated carbocycles. The molecule has 4 nitrogen and oxygen atoms in total. The quantitative estimate of drug-likeness (QED) is 0.839. The number of carbonyl (C=O) groups excluding carboxylic acids is 1. The van der Waals surface area contributed by atoms with Crippen molar-refractivity contribution in [3.63, 3.8) is 0 Å². The van der Waals surface area contributed by atoms with Crippen LogP contribution in [-0.2, 0) is 4.79 Å². The molecule has 1 unspecified atom stereocenters. The largest absolute Gasteiger partial charge is 0.495 e. The molecular weight excluding hydrogens is 288 g/mol. The number of methoxy groups -OCH3 is 1. The highest BCUT2D eigenvalue weighted by Crippen LogP contribution is 2.34. The third-order valence-corrected chi connectivity index (χ3v) is 4.36. The fraction of sp³-hybridized carbons (Fsp3) is 0.562. The van der Waals surface area contributed by atoms with Gasteiger partial charge < -0.3 is 15.0 Å². The number of hydrogen-bond acceptors (Lipinski definition) is 3. The van der Waals surface area contributed by atoms with E-state index in [4.69, 9.17) is 16.3 Å². The summed E-state index contributed by atoms with van der Waals surface area (Å²) < 4.78 is 5.22. The molecule has 1 aliphatic rings. The number of rotatable bonds is 7. The Balaban J connectivity index is 1.85. The zero-order valence-electron chi connectivity index (χ0n) is 12.9. The molecule has 21 heavy (non-hydrogen) atoms. The minimum absolute atomic E-state index is 0.0228. The Hall–Kier alpha value is -1.26. The first-order chi connectivity index (χ1) is 10.0. The van der Waals surface area contributed by atoms with Gasteiger partial charge in [-0.15, -0.1) is 0 Å². The van der Waals surface area contributed by atoms with Crippen LogP contribution in [0.4, 0.5) is 5.69 Å². The summed E-state index contributed by atoms with van der Waals surface area (Å²) in [7, 11) is 3.65. The predicted molar refractivity (Wildman–Crippen MR) is 86.1 cm³/mol. The molecule has 1 aromatic rings. The average molecular weight is 311 g/mol. The summed E-state index contributed by atoms with van der Waals surface area (Å²) in [6.45, 7) is 2.99. The first-order valence-corrected chi connectivity index (χ1v) is 7.72. The Kier molecular flexibility index (Phi) is 5.48. The first kappa shape index (κ1) is 16.1. The van der Waals surface area contributed by atoms with Gasteiger partial charge in [-0.25, -0.2) is 0 Å². The number of anilines is 1. The van der Waals surface area contributed by atoms with Crippen molar-refractivity contribution in [3.05, 3.63) is 23.2 Å². The average Bonchev–Trinajstić information content (AvgIpc) is 3.29. The van der Waals surface area contributed by atoms with E-state index in [0.717, 1.165) is 12.5 Å². The van der Waals surface area contributed by atoms with Crippen molar-refractivity contribution >= 4 is 23.2 Å². The van der Waals surface area contributed by atoms with Gasteiger partial charge >= 0.3 is 0 Å². The maximum atomic E-state index is 12.1. The van der Waals surface area contributed by atoms with Gasteiger partial charge in [0.2, 0.25) is 5.91 Å². The van der Waals surface area contributed by atoms with Gasteiger partial charge in [0.25, 0.3) is 0 Å². The van der Waals surface area contributed by atoms with Crippen LogP contribution in [0, 0.1) is 5.92 Å². The van der Waals surface area contributed by atoms with E-state index in [1.54, 1.807) is 25.3 Å². The number of hydrogen-bond donors (Lipinski definition) is 1. The van der Waals surface area contributed by atoms with Crippen molar-refractivity contribution in [1.82, 2.24) is 4.90 Å². The van der Waals surface area contributed by atoms with Crippen molar-refractivity contribution in [2.45, 2.75) is 32.2 Å². The minimum Gasteiger partial charge on any atom is -0.495 e. The number of carbonyl (C=O) groups is 1. The van der Waals surface area contributed by atoms with E-state index in [0.29, 0.717) is 28.9 Å². The Bertz CT molecular complexity index is 503. The third-order valence-electron chi connectivity index (χ3n) is 4.13. The number of amides is 1. The fourth-order valence-corrected chi connectivity index (χ4v) is 2.58. The monoisotopic (exact) mass is 310 g/mol. The van der Waals surface area contributed by atoms with Gasteiger partial charge in [-0.2, -0.15) is 0 Å². The van der Waals surface area contributed by atoms with Gasteiger partial charge in [0.15, 0.2) is 0 Å². The Morgan fingerprint density at radius 3 is 2.86 bits per heavy atom. The van der Waals surface area contributed by atoms with E-state index in [-0.39, 0.29) is 5.91 Å². The lowest BCUT2D eigenvalue weighted by molar-refractivity contribution is -0.116. The molecule has 116 valence electrons. The maximum absolute atomic E-state index is 12.1. The zero-order chi connectivity index (χ0) is 15.4. The van der Waals surface area contributed by atoms with Crippen molar-refractivity contribution < 1.29 is 9.53 Å². The molecule has 0 aliphatic heterocycles. The van der Waals surface area contributed by atoms with Crippen LogP contribution in [-0.4, -0.2) is 37.6 Å². The van der Waals surface area contributed by atoms with Crippen LogP contribution in [0.1, 0.15) is 26.2 Å². The SMILES string of the molecule is COc1ccc(Cl)cc1NC(=O)CCN(C)C(C)C1CC1. The van der Waals surface area contributed by atoms with E-state index in [9.17, 15) is 4.79 Å². The summed E-state index contributed by atoms with van der Waals surface area (Å²) in [6.07, 6.45) is 3.10. The van der Waals surface area contributed by atoms with Gasteiger partial charge in [-0.1, -0.05) is 11.6 Å². The number of halogens is 1. The Morgan fingerprint density at radius 1 is 1.52 bits per heavy atom.